The molecule has 126 valence electrons. The maximum absolute atomic E-state index is 13.5. The van der Waals surface area contributed by atoms with Crippen LogP contribution in [0.4, 0.5) is 18.0 Å². The maximum Gasteiger partial charge on any atom is 0.413 e. The SMILES string of the molecule is O=C(OCc1ccccc1)N1CCc2ccccc2C1C(F)(F)F. The van der Waals surface area contributed by atoms with Crippen molar-refractivity contribution in [3.05, 3.63) is 71.3 Å². The summed E-state index contributed by atoms with van der Waals surface area (Å²) in [4.78, 5) is 13.0. The number of hydrogen-bond donors (Lipinski definition) is 0. The van der Waals surface area contributed by atoms with E-state index < -0.39 is 18.3 Å². The Morgan fingerprint density at radius 1 is 1.08 bits per heavy atom. The van der Waals surface area contributed by atoms with E-state index in [0.717, 1.165) is 10.5 Å². The molecular formula is C18H16F3NO2. The lowest BCUT2D eigenvalue weighted by molar-refractivity contribution is -0.183. The molecule has 24 heavy (non-hydrogen) atoms. The third-order valence-corrected chi connectivity index (χ3v) is 4.03. The predicted molar refractivity (Wildman–Crippen MR) is 82.3 cm³/mol. The first-order chi connectivity index (χ1) is 11.5. The van der Waals surface area contributed by atoms with Gasteiger partial charge >= 0.3 is 12.3 Å². The first kappa shape index (κ1) is 16.4. The lowest BCUT2D eigenvalue weighted by Gasteiger charge is -2.37. The molecule has 2 aromatic rings. The average Bonchev–Trinajstić information content (AvgIpc) is 2.58. The number of alkyl halides is 3. The highest BCUT2D eigenvalue weighted by Gasteiger charge is 2.49. The van der Waals surface area contributed by atoms with Crippen molar-refractivity contribution in [1.29, 1.82) is 0 Å². The van der Waals surface area contributed by atoms with Crippen LogP contribution in [0.1, 0.15) is 22.7 Å². The summed E-state index contributed by atoms with van der Waals surface area (Å²) in [5.74, 6) is 0. The molecule has 0 N–H and O–H groups in total. The summed E-state index contributed by atoms with van der Waals surface area (Å²) in [6, 6.07) is 13.2. The van der Waals surface area contributed by atoms with Gasteiger partial charge in [-0.3, -0.25) is 4.90 Å². The first-order valence-corrected chi connectivity index (χ1v) is 7.58. The van der Waals surface area contributed by atoms with Gasteiger partial charge in [-0.15, -0.1) is 0 Å². The highest BCUT2D eigenvalue weighted by atomic mass is 19.4. The van der Waals surface area contributed by atoms with E-state index in [9.17, 15) is 18.0 Å². The molecule has 1 unspecified atom stereocenters. The summed E-state index contributed by atoms with van der Waals surface area (Å²) in [5, 5.41) is 0. The molecule has 1 heterocycles. The zero-order chi connectivity index (χ0) is 17.2. The van der Waals surface area contributed by atoms with Gasteiger partial charge in [0.1, 0.15) is 6.61 Å². The molecule has 0 saturated heterocycles. The van der Waals surface area contributed by atoms with E-state index in [0.29, 0.717) is 12.0 Å². The summed E-state index contributed by atoms with van der Waals surface area (Å²) in [5.41, 5.74) is 1.46. The first-order valence-electron chi connectivity index (χ1n) is 7.58. The molecule has 0 radical (unpaired) electrons. The van der Waals surface area contributed by atoms with E-state index in [1.807, 2.05) is 6.07 Å². The number of carbonyl (C=O) groups excluding carboxylic acids is 1. The molecule has 1 amide bonds. The number of amides is 1. The van der Waals surface area contributed by atoms with E-state index in [1.54, 1.807) is 42.5 Å². The van der Waals surface area contributed by atoms with Gasteiger partial charge in [0.25, 0.3) is 0 Å². The molecule has 1 aliphatic rings. The van der Waals surface area contributed by atoms with Gasteiger partial charge in [-0.25, -0.2) is 4.79 Å². The zero-order valence-corrected chi connectivity index (χ0v) is 12.8. The summed E-state index contributed by atoms with van der Waals surface area (Å²) in [7, 11) is 0. The molecule has 0 bridgehead atoms. The quantitative estimate of drug-likeness (QED) is 0.809. The fraction of sp³-hybridized carbons (Fsp3) is 0.278. The van der Waals surface area contributed by atoms with Crippen LogP contribution >= 0.6 is 0 Å². The highest BCUT2D eigenvalue weighted by Crippen LogP contribution is 2.42. The van der Waals surface area contributed by atoms with Gasteiger partial charge in [-0.2, -0.15) is 13.2 Å². The minimum Gasteiger partial charge on any atom is -0.445 e. The third kappa shape index (κ3) is 3.37. The van der Waals surface area contributed by atoms with Crippen molar-refractivity contribution in [3.8, 4) is 0 Å². The number of halogens is 3. The van der Waals surface area contributed by atoms with E-state index >= 15 is 0 Å². The van der Waals surface area contributed by atoms with Crippen LogP contribution in [0.2, 0.25) is 0 Å². The van der Waals surface area contributed by atoms with Crippen molar-refractivity contribution in [2.45, 2.75) is 25.2 Å². The van der Waals surface area contributed by atoms with Crippen LogP contribution in [0.25, 0.3) is 0 Å². The molecule has 0 aliphatic carbocycles. The van der Waals surface area contributed by atoms with E-state index in [2.05, 4.69) is 0 Å². The van der Waals surface area contributed by atoms with Crippen LogP contribution in [-0.4, -0.2) is 23.7 Å². The van der Waals surface area contributed by atoms with E-state index in [1.165, 1.54) is 6.07 Å². The fourth-order valence-electron chi connectivity index (χ4n) is 2.92. The number of carbonyl (C=O) groups is 1. The highest BCUT2D eigenvalue weighted by molar-refractivity contribution is 5.69. The molecule has 0 saturated carbocycles. The molecule has 1 atom stereocenters. The largest absolute Gasteiger partial charge is 0.445 e. The van der Waals surface area contributed by atoms with Crippen molar-refractivity contribution < 1.29 is 22.7 Å². The lowest BCUT2D eigenvalue weighted by Crippen LogP contribution is -2.46. The van der Waals surface area contributed by atoms with Gasteiger partial charge in [0.2, 0.25) is 0 Å². The second-order valence-corrected chi connectivity index (χ2v) is 5.63. The van der Waals surface area contributed by atoms with Crippen LogP contribution in [0.15, 0.2) is 54.6 Å². The summed E-state index contributed by atoms with van der Waals surface area (Å²) in [6.07, 6.45) is -5.12. The normalized spacial score (nSPS) is 17.3. The maximum atomic E-state index is 13.5. The molecule has 1 aliphatic heterocycles. The summed E-state index contributed by atoms with van der Waals surface area (Å²) in [6.45, 7) is -0.0722. The van der Waals surface area contributed by atoms with Crippen molar-refractivity contribution in [1.82, 2.24) is 4.90 Å². The van der Waals surface area contributed by atoms with Crippen LogP contribution < -0.4 is 0 Å². The Labute approximate surface area is 137 Å². The number of ether oxygens (including phenoxy) is 1. The van der Waals surface area contributed by atoms with Crippen LogP contribution in [-0.2, 0) is 17.8 Å². The van der Waals surface area contributed by atoms with Gasteiger partial charge in [-0.1, -0.05) is 54.6 Å². The van der Waals surface area contributed by atoms with Crippen LogP contribution in [0.3, 0.4) is 0 Å². The lowest BCUT2D eigenvalue weighted by atomic mass is 9.92. The summed E-state index contributed by atoms with van der Waals surface area (Å²) >= 11 is 0. The zero-order valence-electron chi connectivity index (χ0n) is 12.8. The molecule has 0 spiro atoms. The predicted octanol–water partition coefficient (Wildman–Crippen LogP) is 4.48. The number of nitrogens with zero attached hydrogens (tertiary/aromatic N) is 1. The van der Waals surface area contributed by atoms with Gasteiger partial charge < -0.3 is 4.74 Å². The molecule has 0 aromatic heterocycles. The van der Waals surface area contributed by atoms with Gasteiger partial charge in [0, 0.05) is 6.54 Å². The molecule has 0 fully saturated rings. The number of rotatable bonds is 2. The number of fused-ring (bicyclic) bond motifs is 1. The smallest absolute Gasteiger partial charge is 0.413 e. The van der Waals surface area contributed by atoms with Crippen molar-refractivity contribution in [3.63, 3.8) is 0 Å². The molecular weight excluding hydrogens is 319 g/mol. The second kappa shape index (κ2) is 6.55. The summed E-state index contributed by atoms with van der Waals surface area (Å²) < 4.78 is 45.7. The average molecular weight is 335 g/mol. The van der Waals surface area contributed by atoms with Gasteiger partial charge in [-0.05, 0) is 23.1 Å². The Bertz CT molecular complexity index is 716. The molecule has 2 aromatic carbocycles. The van der Waals surface area contributed by atoms with Crippen LogP contribution in [0, 0.1) is 0 Å². The second-order valence-electron chi connectivity index (χ2n) is 5.63. The van der Waals surface area contributed by atoms with Crippen molar-refractivity contribution in [2.75, 3.05) is 6.54 Å². The molecule has 6 heteroatoms. The molecule has 3 rings (SSSR count). The molecule has 3 nitrogen and oxygen atoms in total. The Kier molecular flexibility index (Phi) is 4.46. The Hall–Kier alpha value is -2.50. The van der Waals surface area contributed by atoms with Crippen molar-refractivity contribution >= 4 is 6.09 Å². The van der Waals surface area contributed by atoms with Crippen LogP contribution in [0.5, 0.6) is 0 Å². The minimum absolute atomic E-state index is 0.0190. The third-order valence-electron chi connectivity index (χ3n) is 4.03. The van der Waals surface area contributed by atoms with E-state index in [-0.39, 0.29) is 18.7 Å². The Morgan fingerprint density at radius 3 is 2.46 bits per heavy atom. The Morgan fingerprint density at radius 2 is 1.75 bits per heavy atom. The number of hydrogen-bond acceptors (Lipinski definition) is 2. The van der Waals surface area contributed by atoms with E-state index in [4.69, 9.17) is 4.74 Å². The fourth-order valence-corrected chi connectivity index (χ4v) is 2.92. The topological polar surface area (TPSA) is 29.5 Å². The van der Waals surface area contributed by atoms with Crippen molar-refractivity contribution in [2.24, 2.45) is 0 Å². The standard InChI is InChI=1S/C18H16F3NO2/c19-18(20,21)16-15-9-5-4-8-14(15)10-11-22(16)17(23)24-12-13-6-2-1-3-7-13/h1-9,16H,10-12H2. The van der Waals surface area contributed by atoms with Gasteiger partial charge in [0.15, 0.2) is 6.04 Å². The minimum atomic E-state index is -4.55. The number of benzene rings is 2. The monoisotopic (exact) mass is 335 g/mol. The Balaban J connectivity index is 1.80. The van der Waals surface area contributed by atoms with Gasteiger partial charge in [0.05, 0.1) is 0 Å².